The van der Waals surface area contributed by atoms with E-state index in [9.17, 15) is 4.79 Å². The number of amides is 1. The highest BCUT2D eigenvalue weighted by molar-refractivity contribution is 7.14. The first-order valence-electron chi connectivity index (χ1n) is 5.61. The van der Waals surface area contributed by atoms with Crippen molar-refractivity contribution in [2.75, 3.05) is 5.32 Å². The number of thiazole rings is 1. The second-order valence-electron chi connectivity index (χ2n) is 3.92. The van der Waals surface area contributed by atoms with E-state index in [0.717, 1.165) is 17.8 Å². The summed E-state index contributed by atoms with van der Waals surface area (Å²) in [4.78, 5) is 19.1. The summed E-state index contributed by atoms with van der Waals surface area (Å²) in [6.45, 7) is 3.91. The van der Waals surface area contributed by atoms with E-state index in [4.69, 9.17) is 0 Å². The molecule has 2 N–H and O–H groups in total. The highest BCUT2D eigenvalue weighted by atomic mass is 32.1. The number of carbonyl (C=O) groups is 1. The molecular formula is C12H15N3OS. The predicted molar refractivity (Wildman–Crippen MR) is 70.0 cm³/mol. The number of nitrogens with zero attached hydrogens (tertiary/aromatic N) is 1. The molecule has 0 aliphatic heterocycles. The van der Waals surface area contributed by atoms with Crippen molar-refractivity contribution in [3.8, 4) is 11.4 Å². The zero-order valence-corrected chi connectivity index (χ0v) is 10.7. The van der Waals surface area contributed by atoms with Gasteiger partial charge in [-0.2, -0.15) is 0 Å². The van der Waals surface area contributed by atoms with Crippen molar-refractivity contribution in [2.24, 2.45) is 5.92 Å². The second-order valence-corrected chi connectivity index (χ2v) is 4.78. The predicted octanol–water partition coefficient (Wildman–Crippen LogP) is 3.12. The molecular weight excluding hydrogens is 234 g/mol. The molecule has 5 heteroatoms. The number of rotatable bonds is 4. The largest absolute Gasteiger partial charge is 0.360 e. The zero-order chi connectivity index (χ0) is 12.3. The van der Waals surface area contributed by atoms with Gasteiger partial charge in [-0.1, -0.05) is 13.8 Å². The molecule has 0 radical (unpaired) electrons. The summed E-state index contributed by atoms with van der Waals surface area (Å²) < 4.78 is 0. The highest BCUT2D eigenvalue weighted by Crippen LogP contribution is 2.23. The van der Waals surface area contributed by atoms with Crippen molar-refractivity contribution in [3.63, 3.8) is 0 Å². The maximum atomic E-state index is 11.7. The minimum Gasteiger partial charge on any atom is -0.360 e. The van der Waals surface area contributed by atoms with Gasteiger partial charge in [0.25, 0.3) is 0 Å². The van der Waals surface area contributed by atoms with Gasteiger partial charge in [-0.3, -0.25) is 4.79 Å². The lowest BCUT2D eigenvalue weighted by molar-refractivity contribution is -0.119. The fourth-order valence-corrected chi connectivity index (χ4v) is 2.07. The Balaban J connectivity index is 2.07. The standard InChI is InChI=1S/C12H15N3OS/c1-3-8(2)11(16)15-12-14-10(7-17-12)9-5-4-6-13-9/h4-8,13H,3H2,1-2H3,(H,14,15,16). The van der Waals surface area contributed by atoms with Crippen LogP contribution in [0, 0.1) is 5.92 Å². The molecule has 0 bridgehead atoms. The minimum absolute atomic E-state index is 0.0211. The van der Waals surface area contributed by atoms with Crippen molar-refractivity contribution >= 4 is 22.4 Å². The highest BCUT2D eigenvalue weighted by Gasteiger charge is 2.13. The summed E-state index contributed by atoms with van der Waals surface area (Å²) in [5.74, 6) is 0.0488. The summed E-state index contributed by atoms with van der Waals surface area (Å²) >= 11 is 1.44. The number of aromatic amines is 1. The molecule has 2 aromatic rings. The number of anilines is 1. The molecule has 0 fully saturated rings. The molecule has 0 aromatic carbocycles. The van der Waals surface area contributed by atoms with Crippen LogP contribution < -0.4 is 5.32 Å². The van der Waals surface area contributed by atoms with Crippen LogP contribution in [0.3, 0.4) is 0 Å². The van der Waals surface area contributed by atoms with Crippen LogP contribution >= 0.6 is 11.3 Å². The second kappa shape index (κ2) is 5.14. The van der Waals surface area contributed by atoms with E-state index in [1.165, 1.54) is 11.3 Å². The first-order valence-corrected chi connectivity index (χ1v) is 6.48. The monoisotopic (exact) mass is 249 g/mol. The Kier molecular flexibility index (Phi) is 3.58. The Hall–Kier alpha value is -1.62. The summed E-state index contributed by atoms with van der Waals surface area (Å²) in [5, 5.41) is 5.41. The first kappa shape index (κ1) is 11.9. The quantitative estimate of drug-likeness (QED) is 0.874. The molecule has 2 aromatic heterocycles. The SMILES string of the molecule is CCC(C)C(=O)Nc1nc(-c2ccc[nH]2)cs1. The fraction of sp³-hybridized carbons (Fsp3) is 0.333. The van der Waals surface area contributed by atoms with E-state index >= 15 is 0 Å². The molecule has 0 saturated carbocycles. The average molecular weight is 249 g/mol. The Morgan fingerprint density at radius 3 is 3.12 bits per heavy atom. The number of nitrogens with one attached hydrogen (secondary N) is 2. The third kappa shape index (κ3) is 2.74. The van der Waals surface area contributed by atoms with E-state index in [0.29, 0.717) is 5.13 Å². The van der Waals surface area contributed by atoms with Crippen LogP contribution in [0.2, 0.25) is 0 Å². The Morgan fingerprint density at radius 1 is 1.65 bits per heavy atom. The summed E-state index contributed by atoms with van der Waals surface area (Å²) in [6, 6.07) is 3.88. The van der Waals surface area contributed by atoms with E-state index in [1.807, 2.05) is 37.6 Å². The topological polar surface area (TPSA) is 57.8 Å². The van der Waals surface area contributed by atoms with Gasteiger partial charge in [0, 0.05) is 17.5 Å². The minimum atomic E-state index is 0.0211. The van der Waals surface area contributed by atoms with Crippen LogP contribution in [0.15, 0.2) is 23.7 Å². The van der Waals surface area contributed by atoms with Gasteiger partial charge >= 0.3 is 0 Å². The van der Waals surface area contributed by atoms with Gasteiger partial charge in [0.15, 0.2) is 5.13 Å². The van der Waals surface area contributed by atoms with Crippen LogP contribution in [0.5, 0.6) is 0 Å². The lowest BCUT2D eigenvalue weighted by atomic mass is 10.1. The summed E-state index contributed by atoms with van der Waals surface area (Å²) in [6.07, 6.45) is 2.69. The van der Waals surface area contributed by atoms with Gasteiger partial charge in [0.1, 0.15) is 0 Å². The summed E-state index contributed by atoms with van der Waals surface area (Å²) in [5.41, 5.74) is 1.82. The fourth-order valence-electron chi connectivity index (χ4n) is 1.36. The number of aromatic nitrogens is 2. The van der Waals surface area contributed by atoms with Crippen molar-refractivity contribution in [3.05, 3.63) is 23.7 Å². The van der Waals surface area contributed by atoms with Crippen LogP contribution in [0.4, 0.5) is 5.13 Å². The molecule has 17 heavy (non-hydrogen) atoms. The molecule has 1 atom stereocenters. The number of hydrogen-bond donors (Lipinski definition) is 2. The molecule has 1 unspecified atom stereocenters. The number of carbonyl (C=O) groups excluding carboxylic acids is 1. The molecule has 1 amide bonds. The van der Waals surface area contributed by atoms with Gasteiger partial charge in [-0.25, -0.2) is 4.98 Å². The lowest BCUT2D eigenvalue weighted by Gasteiger charge is -2.06. The molecule has 2 heterocycles. The first-order chi connectivity index (χ1) is 8.20. The third-order valence-electron chi connectivity index (χ3n) is 2.67. The number of H-pyrrole nitrogens is 1. The molecule has 0 aliphatic rings. The van der Waals surface area contributed by atoms with Gasteiger partial charge in [-0.05, 0) is 18.6 Å². The Labute approximate surface area is 104 Å². The van der Waals surface area contributed by atoms with Gasteiger partial charge in [-0.15, -0.1) is 11.3 Å². The third-order valence-corrected chi connectivity index (χ3v) is 3.43. The Morgan fingerprint density at radius 2 is 2.47 bits per heavy atom. The van der Waals surface area contributed by atoms with E-state index < -0.39 is 0 Å². The zero-order valence-electron chi connectivity index (χ0n) is 9.86. The molecule has 0 saturated heterocycles. The maximum absolute atomic E-state index is 11.7. The lowest BCUT2D eigenvalue weighted by Crippen LogP contribution is -2.19. The van der Waals surface area contributed by atoms with E-state index in [2.05, 4.69) is 15.3 Å². The van der Waals surface area contributed by atoms with Gasteiger partial charge in [0.05, 0.1) is 11.4 Å². The molecule has 0 aliphatic carbocycles. The molecule has 2 rings (SSSR count). The smallest absolute Gasteiger partial charge is 0.228 e. The van der Waals surface area contributed by atoms with E-state index in [1.54, 1.807) is 0 Å². The normalized spacial score (nSPS) is 12.4. The van der Waals surface area contributed by atoms with Crippen molar-refractivity contribution in [1.29, 1.82) is 0 Å². The van der Waals surface area contributed by atoms with Crippen molar-refractivity contribution < 1.29 is 4.79 Å². The van der Waals surface area contributed by atoms with Gasteiger partial charge < -0.3 is 10.3 Å². The average Bonchev–Trinajstić information content (AvgIpc) is 2.97. The van der Waals surface area contributed by atoms with Crippen LogP contribution in [-0.2, 0) is 4.79 Å². The van der Waals surface area contributed by atoms with Crippen molar-refractivity contribution in [1.82, 2.24) is 9.97 Å². The maximum Gasteiger partial charge on any atom is 0.228 e. The Bertz CT molecular complexity index is 490. The molecule has 90 valence electrons. The van der Waals surface area contributed by atoms with Crippen LogP contribution in [0.25, 0.3) is 11.4 Å². The molecule has 0 spiro atoms. The van der Waals surface area contributed by atoms with E-state index in [-0.39, 0.29) is 11.8 Å². The van der Waals surface area contributed by atoms with Crippen LogP contribution in [0.1, 0.15) is 20.3 Å². The van der Waals surface area contributed by atoms with Gasteiger partial charge in [0.2, 0.25) is 5.91 Å². The van der Waals surface area contributed by atoms with Crippen molar-refractivity contribution in [2.45, 2.75) is 20.3 Å². The number of hydrogen-bond acceptors (Lipinski definition) is 3. The molecule has 4 nitrogen and oxygen atoms in total. The summed E-state index contributed by atoms with van der Waals surface area (Å²) in [7, 11) is 0. The van der Waals surface area contributed by atoms with Crippen LogP contribution in [-0.4, -0.2) is 15.9 Å².